The Kier molecular flexibility index (Phi) is 168. The smallest absolute Gasteiger partial charge is 0.0149 e. The van der Waals surface area contributed by atoms with Crippen molar-refractivity contribution in [2.75, 3.05) is 0 Å². The van der Waals surface area contributed by atoms with Gasteiger partial charge in [-0.25, -0.2) is 0 Å². The van der Waals surface area contributed by atoms with Crippen molar-refractivity contribution >= 4 is 28.3 Å². The van der Waals surface area contributed by atoms with Gasteiger partial charge in [0, 0.05) is 43.6 Å². The van der Waals surface area contributed by atoms with E-state index in [-0.39, 0.29) is 71.9 Å². The van der Waals surface area contributed by atoms with Crippen LogP contribution in [-0.4, -0.2) is 28.3 Å². The van der Waals surface area contributed by atoms with Gasteiger partial charge in [-0.05, 0) is 11.0 Å². The first-order chi connectivity index (χ1) is 0. The third-order valence-electron chi connectivity index (χ3n) is 0. The van der Waals surface area contributed by atoms with E-state index in [1.807, 2.05) is 0 Å². The summed E-state index contributed by atoms with van der Waals surface area (Å²) in [6.07, 6.45) is 0. The molecule has 0 fully saturated rings. The maximum absolute atomic E-state index is 0. The third kappa shape index (κ3) is 8.90. The maximum atomic E-state index is 0. The van der Waals surface area contributed by atoms with Crippen LogP contribution in [0.25, 0.3) is 0 Å². The van der Waals surface area contributed by atoms with Gasteiger partial charge in [0.15, 0.2) is 17.4 Å². The molecule has 0 spiro atoms. The van der Waals surface area contributed by atoms with Crippen LogP contribution in [0.4, 0.5) is 0 Å². The summed E-state index contributed by atoms with van der Waals surface area (Å²) in [6.45, 7) is 0. The van der Waals surface area contributed by atoms with Gasteiger partial charge in [-0.2, -0.15) is 0 Å². The van der Waals surface area contributed by atoms with Crippen LogP contribution in [0.2, 0.25) is 0 Å². The first-order valence-electron chi connectivity index (χ1n) is 0. The molecule has 0 heterocycles. The van der Waals surface area contributed by atoms with Gasteiger partial charge < -0.3 is 0 Å². The molecule has 4 heavy (non-hydrogen) atoms. The first kappa shape index (κ1) is 35.1. The van der Waals surface area contributed by atoms with E-state index in [0.29, 0.717) is 0 Å². The molecule has 0 atom stereocenters. The molecule has 0 aromatic rings. The minimum Gasteiger partial charge on any atom is -0.0149 e. The molecule has 0 N–H and O–H groups in total. The van der Waals surface area contributed by atoms with E-state index in [1.54, 1.807) is 0 Å². The quantitative estimate of drug-likeness (QED) is 0.379. The zero-order valence-corrected chi connectivity index (χ0v) is 4.64. The second-order valence-corrected chi connectivity index (χ2v) is 0. The van der Waals surface area contributed by atoms with E-state index >= 15 is 0 Å². The molecule has 0 amide bonds. The molecular weight excluding hydrogens is 198 g/mol. The molecule has 0 rings (SSSR count). The first-order valence-corrected chi connectivity index (χ1v) is 0. The molecule has 0 aromatic carbocycles. The van der Waals surface area contributed by atoms with Gasteiger partial charge in [-0.1, -0.05) is 0 Å². The van der Waals surface area contributed by atoms with Crippen molar-refractivity contribution in [1.82, 2.24) is 0 Å². The van der Waals surface area contributed by atoms with Gasteiger partial charge in [0.05, 0.1) is 0 Å². The van der Waals surface area contributed by atoms with Gasteiger partial charge in [0.1, 0.15) is 0 Å². The van der Waals surface area contributed by atoms with E-state index in [9.17, 15) is 0 Å². The Hall–Kier alpha value is 2.16. The van der Waals surface area contributed by atoms with Crippen molar-refractivity contribution in [2.24, 2.45) is 0 Å². The summed E-state index contributed by atoms with van der Waals surface area (Å²) in [5.41, 5.74) is 0. The van der Waals surface area contributed by atoms with Crippen LogP contribution in [-0.2, 0) is 43.6 Å². The summed E-state index contributed by atoms with van der Waals surface area (Å²) in [7, 11) is 0. The molecule has 0 saturated heterocycles. The van der Waals surface area contributed by atoms with Crippen LogP contribution in [0.5, 0.6) is 0 Å². The number of hydrogen-bond acceptors (Lipinski definition) is 0. The van der Waals surface area contributed by atoms with Crippen molar-refractivity contribution < 1.29 is 43.6 Å². The largest absolute Gasteiger partial charge is 0.187 e. The average Bonchev–Trinajstić information content (AvgIpc) is 0. The van der Waals surface area contributed by atoms with E-state index in [0.717, 1.165) is 0 Å². The fourth-order valence-electron chi connectivity index (χ4n) is 0. The Labute approximate surface area is 71.1 Å². The second-order valence-electron chi connectivity index (χ2n) is 0. The van der Waals surface area contributed by atoms with Crippen LogP contribution in [0.15, 0.2) is 0 Å². The number of hydrogen-bond donors (Lipinski definition) is 0. The van der Waals surface area contributed by atoms with Crippen molar-refractivity contribution in [2.45, 2.75) is 0 Å². The van der Waals surface area contributed by atoms with Gasteiger partial charge in [-0.3, -0.25) is 0 Å². The molecule has 0 aliphatic rings. The molecule has 4 heteroatoms. The van der Waals surface area contributed by atoms with Gasteiger partial charge >= 0.3 is 0 Å². The molecular formula is H7AlCrSiZr. The van der Waals surface area contributed by atoms with Crippen LogP contribution in [0.3, 0.4) is 0 Å². The fourth-order valence-corrected chi connectivity index (χ4v) is 0. The SMILES string of the molecule is [AlH3].[Cr].[SiH4].[Zr]. The van der Waals surface area contributed by atoms with Crippen molar-refractivity contribution in [3.8, 4) is 0 Å². The van der Waals surface area contributed by atoms with Crippen molar-refractivity contribution in [3.05, 3.63) is 0 Å². The van der Waals surface area contributed by atoms with Crippen LogP contribution in [0.1, 0.15) is 0 Å². The van der Waals surface area contributed by atoms with Gasteiger partial charge in [0.25, 0.3) is 0 Å². The fraction of sp³-hybridized carbons (Fsp3) is 0. The summed E-state index contributed by atoms with van der Waals surface area (Å²) in [6, 6.07) is 0. The zero-order valence-electron chi connectivity index (χ0n) is 0.908. The standard InChI is InChI=1S/Al.Cr.H4Si.Zr.3H/h;;1H4;;;;. The Bertz CT molecular complexity index is 8.00. The molecule has 0 unspecified atom stereocenters. The predicted molar refractivity (Wildman–Crippen MR) is 21.3 cm³/mol. The topological polar surface area (TPSA) is 0 Å². The molecule has 0 aliphatic heterocycles. The van der Waals surface area contributed by atoms with Gasteiger partial charge in [-0.15, -0.1) is 0 Å². The van der Waals surface area contributed by atoms with Crippen molar-refractivity contribution in [1.29, 1.82) is 0 Å². The molecule has 0 saturated carbocycles. The molecule has 24 valence electrons. The normalized spacial score (nSPS) is 0. The third-order valence-corrected chi connectivity index (χ3v) is 0. The minimum atomic E-state index is 0. The van der Waals surface area contributed by atoms with Crippen LogP contribution >= 0.6 is 0 Å². The Morgan fingerprint density at radius 2 is 1.00 bits per heavy atom. The summed E-state index contributed by atoms with van der Waals surface area (Å²) < 4.78 is 0. The van der Waals surface area contributed by atoms with E-state index < -0.39 is 0 Å². The van der Waals surface area contributed by atoms with E-state index in [2.05, 4.69) is 0 Å². The van der Waals surface area contributed by atoms with Crippen LogP contribution < -0.4 is 0 Å². The van der Waals surface area contributed by atoms with Gasteiger partial charge in [0.2, 0.25) is 0 Å². The summed E-state index contributed by atoms with van der Waals surface area (Å²) in [5, 5.41) is 0. The molecule has 0 aromatic heterocycles. The number of rotatable bonds is 0. The molecule has 0 bridgehead atoms. The second kappa shape index (κ2) is 19.1. The van der Waals surface area contributed by atoms with E-state index in [4.69, 9.17) is 0 Å². The Morgan fingerprint density at radius 3 is 1.00 bits per heavy atom. The molecule has 0 radical (unpaired) electrons. The summed E-state index contributed by atoms with van der Waals surface area (Å²) >= 11 is 0. The zero-order chi connectivity index (χ0) is 0. The molecule has 0 nitrogen and oxygen atoms in total. The molecule has 0 aliphatic carbocycles. The van der Waals surface area contributed by atoms with Crippen LogP contribution in [0, 0.1) is 0 Å². The summed E-state index contributed by atoms with van der Waals surface area (Å²) in [5.74, 6) is 0. The average molecular weight is 205 g/mol. The predicted octanol–water partition coefficient (Wildman–Crippen LogP) is -2.64. The monoisotopic (exact) mass is 204 g/mol. The summed E-state index contributed by atoms with van der Waals surface area (Å²) in [4.78, 5) is 0. The van der Waals surface area contributed by atoms with E-state index in [1.165, 1.54) is 0 Å². The Balaban J connectivity index is 0. The van der Waals surface area contributed by atoms with Crippen molar-refractivity contribution in [3.63, 3.8) is 0 Å². The Morgan fingerprint density at radius 1 is 1.00 bits per heavy atom. The maximum Gasteiger partial charge on any atom is 0.187 e. The minimum absolute atomic E-state index is 0.